The van der Waals surface area contributed by atoms with Crippen molar-refractivity contribution in [2.45, 2.75) is 44.2 Å². The molecule has 17 heavy (non-hydrogen) atoms. The summed E-state index contributed by atoms with van der Waals surface area (Å²) in [6.07, 6.45) is -5.36. The van der Waals surface area contributed by atoms with Crippen LogP contribution in [0.4, 0.5) is 0 Å². The van der Waals surface area contributed by atoms with Crippen LogP contribution in [-0.2, 0) is 9.53 Å². The monoisotopic (exact) mass is 252 g/mol. The highest BCUT2D eigenvalue weighted by molar-refractivity contribution is 5.78. The molecule has 7 heteroatoms. The normalized spacial score (nSPS) is 20.4. The zero-order chi connectivity index (χ0) is 13.6. The van der Waals surface area contributed by atoms with Gasteiger partial charge in [0, 0.05) is 6.61 Å². The first-order valence-corrected chi connectivity index (χ1v) is 5.39. The molecule has 0 rings (SSSR count). The molecular weight excluding hydrogens is 232 g/mol. The Morgan fingerprint density at radius 2 is 1.82 bits per heavy atom. The van der Waals surface area contributed by atoms with E-state index in [0.29, 0.717) is 0 Å². The molecule has 0 aliphatic rings. The summed E-state index contributed by atoms with van der Waals surface area (Å²) < 4.78 is 5.02. The molecule has 5 N–H and O–H groups in total. The van der Waals surface area contributed by atoms with E-state index in [2.05, 4.69) is 0 Å². The van der Waals surface area contributed by atoms with Crippen LogP contribution in [0.3, 0.4) is 0 Å². The van der Waals surface area contributed by atoms with E-state index in [1.165, 1.54) is 6.92 Å². The van der Waals surface area contributed by atoms with E-state index in [4.69, 9.17) is 14.9 Å². The largest absolute Gasteiger partial charge is 0.479 e. The Morgan fingerprint density at radius 1 is 1.29 bits per heavy atom. The molecule has 0 aliphatic heterocycles. The Balaban J connectivity index is 5.10. The number of hydrogen-bond acceptors (Lipinski definition) is 6. The van der Waals surface area contributed by atoms with Gasteiger partial charge in [0.25, 0.3) is 0 Å². The van der Waals surface area contributed by atoms with E-state index in [1.54, 1.807) is 6.92 Å². The SMILES string of the molecule is CCO[C@@](CC)(C(=O)O)C(O)C(O)C(O)CO. The summed E-state index contributed by atoms with van der Waals surface area (Å²) >= 11 is 0. The molecule has 0 spiro atoms. The van der Waals surface area contributed by atoms with Gasteiger partial charge in [0.15, 0.2) is 5.60 Å². The molecule has 0 aromatic carbocycles. The Kier molecular flexibility index (Phi) is 6.58. The number of aliphatic hydroxyl groups is 4. The average Bonchev–Trinajstić information content (AvgIpc) is 2.32. The fraction of sp³-hybridized carbons (Fsp3) is 0.900. The van der Waals surface area contributed by atoms with Crippen molar-refractivity contribution in [3.63, 3.8) is 0 Å². The van der Waals surface area contributed by atoms with Crippen LogP contribution in [0.5, 0.6) is 0 Å². The highest BCUT2D eigenvalue weighted by Crippen LogP contribution is 2.25. The Bertz CT molecular complexity index is 245. The third-order valence-corrected chi connectivity index (χ3v) is 2.67. The van der Waals surface area contributed by atoms with Gasteiger partial charge in [-0.3, -0.25) is 0 Å². The van der Waals surface area contributed by atoms with E-state index < -0.39 is 36.5 Å². The Morgan fingerprint density at radius 3 is 2.12 bits per heavy atom. The van der Waals surface area contributed by atoms with Crippen molar-refractivity contribution in [2.75, 3.05) is 13.2 Å². The molecule has 0 aromatic rings. The quantitative estimate of drug-likeness (QED) is 0.349. The van der Waals surface area contributed by atoms with Gasteiger partial charge < -0.3 is 30.3 Å². The maximum atomic E-state index is 11.2. The van der Waals surface area contributed by atoms with E-state index in [1.807, 2.05) is 0 Å². The van der Waals surface area contributed by atoms with Gasteiger partial charge in [-0.1, -0.05) is 6.92 Å². The smallest absolute Gasteiger partial charge is 0.338 e. The van der Waals surface area contributed by atoms with Crippen LogP contribution in [0.2, 0.25) is 0 Å². The third kappa shape index (κ3) is 3.36. The molecule has 0 saturated carbocycles. The summed E-state index contributed by atoms with van der Waals surface area (Å²) in [4.78, 5) is 11.2. The maximum Gasteiger partial charge on any atom is 0.338 e. The first-order chi connectivity index (χ1) is 7.87. The van der Waals surface area contributed by atoms with Crippen LogP contribution in [-0.4, -0.2) is 68.6 Å². The van der Waals surface area contributed by atoms with Crippen molar-refractivity contribution in [2.24, 2.45) is 0 Å². The van der Waals surface area contributed by atoms with Gasteiger partial charge in [-0.25, -0.2) is 4.79 Å². The Hall–Kier alpha value is -0.730. The molecule has 0 radical (unpaired) electrons. The van der Waals surface area contributed by atoms with E-state index in [-0.39, 0.29) is 13.0 Å². The predicted molar refractivity (Wildman–Crippen MR) is 57.4 cm³/mol. The van der Waals surface area contributed by atoms with Gasteiger partial charge in [0.1, 0.15) is 18.3 Å². The van der Waals surface area contributed by atoms with Crippen molar-refractivity contribution in [1.29, 1.82) is 0 Å². The highest BCUT2D eigenvalue weighted by Gasteiger charge is 2.49. The van der Waals surface area contributed by atoms with Gasteiger partial charge in [-0.15, -0.1) is 0 Å². The van der Waals surface area contributed by atoms with Crippen LogP contribution >= 0.6 is 0 Å². The van der Waals surface area contributed by atoms with E-state index >= 15 is 0 Å². The summed E-state index contributed by atoms with van der Waals surface area (Å²) in [5.74, 6) is -1.43. The van der Waals surface area contributed by atoms with Crippen molar-refractivity contribution in [1.82, 2.24) is 0 Å². The average molecular weight is 252 g/mol. The van der Waals surface area contributed by atoms with E-state index in [0.717, 1.165) is 0 Å². The predicted octanol–water partition coefficient (Wildman–Crippen LogP) is -1.67. The van der Waals surface area contributed by atoms with Crippen molar-refractivity contribution >= 4 is 5.97 Å². The van der Waals surface area contributed by atoms with Crippen LogP contribution in [0.1, 0.15) is 20.3 Å². The number of carboxylic acid groups (broad SMARTS) is 1. The van der Waals surface area contributed by atoms with Gasteiger partial charge in [0.05, 0.1) is 6.61 Å². The molecule has 4 atom stereocenters. The second kappa shape index (κ2) is 6.87. The molecule has 0 fully saturated rings. The zero-order valence-corrected chi connectivity index (χ0v) is 9.91. The van der Waals surface area contributed by atoms with Crippen LogP contribution in [0, 0.1) is 0 Å². The molecule has 0 aliphatic carbocycles. The van der Waals surface area contributed by atoms with Crippen LogP contribution in [0.15, 0.2) is 0 Å². The number of carboxylic acids is 1. The number of ether oxygens (including phenoxy) is 1. The van der Waals surface area contributed by atoms with Crippen molar-refractivity contribution in [3.8, 4) is 0 Å². The lowest BCUT2D eigenvalue weighted by Crippen LogP contribution is -2.59. The number of hydrogen-bond donors (Lipinski definition) is 5. The highest BCUT2D eigenvalue weighted by atomic mass is 16.5. The van der Waals surface area contributed by atoms with Gasteiger partial charge in [0.2, 0.25) is 0 Å². The fourth-order valence-electron chi connectivity index (χ4n) is 1.59. The lowest BCUT2D eigenvalue weighted by molar-refractivity contribution is -0.204. The van der Waals surface area contributed by atoms with Crippen molar-refractivity contribution in [3.05, 3.63) is 0 Å². The standard InChI is InChI=1S/C10H20O7/c1-3-10(9(15)16,17-4-2)8(14)7(13)6(12)5-11/h6-8,11-14H,3-5H2,1-2H3,(H,15,16)/t6?,7?,8?,10-/m1/s1. The first-order valence-electron chi connectivity index (χ1n) is 5.39. The summed E-state index contributed by atoms with van der Waals surface area (Å²) in [5, 5.41) is 46.3. The van der Waals surface area contributed by atoms with Gasteiger partial charge in [-0.2, -0.15) is 0 Å². The summed E-state index contributed by atoms with van der Waals surface area (Å²) in [7, 11) is 0. The van der Waals surface area contributed by atoms with Crippen LogP contribution < -0.4 is 0 Å². The Labute approximate surface area is 99.3 Å². The molecule has 0 amide bonds. The van der Waals surface area contributed by atoms with Crippen LogP contribution in [0.25, 0.3) is 0 Å². The summed E-state index contributed by atoms with van der Waals surface area (Å²) in [6.45, 7) is 2.27. The fourth-order valence-corrected chi connectivity index (χ4v) is 1.59. The van der Waals surface area contributed by atoms with Gasteiger partial charge in [-0.05, 0) is 13.3 Å². The molecule has 102 valence electrons. The maximum absolute atomic E-state index is 11.2. The molecule has 0 bridgehead atoms. The minimum atomic E-state index is -2.00. The topological polar surface area (TPSA) is 127 Å². The molecule has 3 unspecified atom stereocenters. The minimum Gasteiger partial charge on any atom is -0.479 e. The van der Waals surface area contributed by atoms with Crippen molar-refractivity contribution < 1.29 is 35.1 Å². The molecule has 0 aromatic heterocycles. The van der Waals surface area contributed by atoms with Gasteiger partial charge >= 0.3 is 5.97 Å². The lowest BCUT2D eigenvalue weighted by Gasteiger charge is -2.36. The first kappa shape index (κ1) is 16.3. The molecular formula is C10H20O7. The number of aliphatic carboxylic acids is 1. The summed E-state index contributed by atoms with van der Waals surface area (Å²) in [6, 6.07) is 0. The number of carbonyl (C=O) groups is 1. The molecule has 7 nitrogen and oxygen atoms in total. The second-order valence-corrected chi connectivity index (χ2v) is 3.67. The summed E-state index contributed by atoms with van der Waals surface area (Å²) in [5.41, 5.74) is -2.00. The molecule has 0 saturated heterocycles. The number of aliphatic hydroxyl groups excluding tert-OH is 4. The second-order valence-electron chi connectivity index (χ2n) is 3.67. The van der Waals surface area contributed by atoms with E-state index in [9.17, 15) is 20.1 Å². The number of rotatable bonds is 8. The molecule has 0 heterocycles. The third-order valence-electron chi connectivity index (χ3n) is 2.67. The zero-order valence-electron chi connectivity index (χ0n) is 9.91. The minimum absolute atomic E-state index is 0.0269. The lowest BCUT2D eigenvalue weighted by atomic mass is 9.87.